The molecule has 6 heteroatoms. The molecule has 0 atom stereocenters. The largest absolute Gasteiger partial charge is 0.337 e. The van der Waals surface area contributed by atoms with Crippen LogP contribution >= 0.6 is 0 Å². The third kappa shape index (κ3) is 1.41. The second-order valence-electron chi connectivity index (χ2n) is 6.21. The van der Waals surface area contributed by atoms with E-state index < -0.39 is 0 Å². The van der Waals surface area contributed by atoms with Crippen molar-refractivity contribution in [1.82, 2.24) is 20.2 Å². The van der Waals surface area contributed by atoms with Crippen molar-refractivity contribution < 1.29 is 4.79 Å². The normalized spacial score (nSPS) is 19.0. The molecule has 0 bridgehead atoms. The number of aromatic nitrogens is 4. The summed E-state index contributed by atoms with van der Waals surface area (Å²) in [6, 6.07) is 5.96. The Morgan fingerprint density at radius 3 is 2.82 bits per heavy atom. The summed E-state index contributed by atoms with van der Waals surface area (Å²) in [5, 5.41) is 9.93. The minimum atomic E-state index is -0.323. The maximum absolute atomic E-state index is 12.5. The summed E-state index contributed by atoms with van der Waals surface area (Å²) in [6.07, 6.45) is 5.82. The average Bonchev–Trinajstić information content (AvgIpc) is 3.27. The molecule has 1 aliphatic carbocycles. The lowest BCUT2D eigenvalue weighted by Gasteiger charge is -2.20. The first kappa shape index (κ1) is 12.0. The Morgan fingerprint density at radius 1 is 1.18 bits per heavy atom. The lowest BCUT2D eigenvalue weighted by molar-refractivity contribution is -0.120. The number of hydrogen-bond acceptors (Lipinski definition) is 3. The second-order valence-corrected chi connectivity index (χ2v) is 6.21. The Kier molecular flexibility index (Phi) is 2.16. The smallest absolute Gasteiger partial charge is 0.235 e. The highest BCUT2D eigenvalue weighted by Gasteiger charge is 2.48. The predicted octanol–water partition coefficient (Wildman–Crippen LogP) is 2.72. The van der Waals surface area contributed by atoms with Gasteiger partial charge in [0, 0.05) is 11.9 Å². The van der Waals surface area contributed by atoms with E-state index in [-0.39, 0.29) is 11.3 Å². The highest BCUT2D eigenvalue weighted by Crippen LogP contribution is 2.49. The summed E-state index contributed by atoms with van der Waals surface area (Å²) in [4.78, 5) is 20.4. The molecule has 2 aliphatic rings. The Hall–Kier alpha value is -2.63. The SMILES string of the molecule is O=C1Nc2cc3[nH]c(-c4ccn[nH]4)nc3cc2C12CCCC2. The second kappa shape index (κ2) is 3.97. The maximum Gasteiger partial charge on any atom is 0.235 e. The fourth-order valence-corrected chi connectivity index (χ4v) is 3.91. The van der Waals surface area contributed by atoms with Gasteiger partial charge >= 0.3 is 0 Å². The molecule has 1 spiro atoms. The van der Waals surface area contributed by atoms with E-state index in [2.05, 4.69) is 31.5 Å². The van der Waals surface area contributed by atoms with Crippen molar-refractivity contribution >= 4 is 22.6 Å². The highest BCUT2D eigenvalue weighted by atomic mass is 16.2. The maximum atomic E-state index is 12.5. The topological polar surface area (TPSA) is 86.5 Å². The molecule has 3 N–H and O–H groups in total. The molecule has 6 nitrogen and oxygen atoms in total. The molecular weight excluding hydrogens is 278 g/mol. The van der Waals surface area contributed by atoms with E-state index in [1.807, 2.05) is 12.1 Å². The summed E-state index contributed by atoms with van der Waals surface area (Å²) in [5.74, 6) is 0.921. The molecule has 0 saturated heterocycles. The van der Waals surface area contributed by atoms with E-state index in [0.29, 0.717) is 0 Å². The summed E-state index contributed by atoms with van der Waals surface area (Å²) >= 11 is 0. The first-order valence-electron chi connectivity index (χ1n) is 7.62. The number of imidazole rings is 1. The lowest BCUT2D eigenvalue weighted by Crippen LogP contribution is -2.30. The van der Waals surface area contributed by atoms with Gasteiger partial charge in [-0.1, -0.05) is 12.8 Å². The van der Waals surface area contributed by atoms with Crippen molar-refractivity contribution in [3.63, 3.8) is 0 Å². The number of H-pyrrole nitrogens is 2. The van der Waals surface area contributed by atoms with Crippen LogP contribution in [0.15, 0.2) is 24.4 Å². The van der Waals surface area contributed by atoms with Gasteiger partial charge in [-0.25, -0.2) is 4.98 Å². The van der Waals surface area contributed by atoms with Gasteiger partial charge in [-0.15, -0.1) is 0 Å². The first-order chi connectivity index (χ1) is 10.8. The molecule has 0 unspecified atom stereocenters. The van der Waals surface area contributed by atoms with E-state index in [1.54, 1.807) is 6.20 Å². The Bertz CT molecular complexity index is 887. The fraction of sp³-hybridized carbons (Fsp3) is 0.312. The molecular formula is C16H15N5O. The molecule has 1 fully saturated rings. The number of nitrogens with zero attached hydrogens (tertiary/aromatic N) is 2. The number of nitrogens with one attached hydrogen (secondary N) is 3. The zero-order valence-electron chi connectivity index (χ0n) is 11.9. The number of aromatic amines is 2. The first-order valence-corrected chi connectivity index (χ1v) is 7.62. The van der Waals surface area contributed by atoms with E-state index >= 15 is 0 Å². The van der Waals surface area contributed by atoms with E-state index in [4.69, 9.17) is 0 Å². The lowest BCUT2D eigenvalue weighted by atomic mass is 9.80. The van der Waals surface area contributed by atoms with Crippen LogP contribution in [-0.2, 0) is 10.2 Å². The van der Waals surface area contributed by atoms with Crippen molar-refractivity contribution in [2.24, 2.45) is 0 Å². The molecule has 0 radical (unpaired) electrons. The average molecular weight is 293 g/mol. The monoisotopic (exact) mass is 293 g/mol. The van der Waals surface area contributed by atoms with Gasteiger partial charge in [0.15, 0.2) is 5.82 Å². The van der Waals surface area contributed by atoms with E-state index in [0.717, 1.165) is 59.5 Å². The van der Waals surface area contributed by atoms with Gasteiger partial charge in [0.2, 0.25) is 5.91 Å². The number of hydrogen-bond donors (Lipinski definition) is 3. The van der Waals surface area contributed by atoms with Crippen molar-refractivity contribution in [3.05, 3.63) is 30.0 Å². The van der Waals surface area contributed by atoms with Crippen molar-refractivity contribution in [1.29, 1.82) is 0 Å². The van der Waals surface area contributed by atoms with Gasteiger partial charge in [0.25, 0.3) is 0 Å². The van der Waals surface area contributed by atoms with Gasteiger partial charge in [-0.3, -0.25) is 9.89 Å². The van der Waals surface area contributed by atoms with Gasteiger partial charge < -0.3 is 10.3 Å². The van der Waals surface area contributed by atoms with Crippen molar-refractivity contribution in [3.8, 4) is 11.5 Å². The Morgan fingerprint density at radius 2 is 2.05 bits per heavy atom. The number of fused-ring (bicyclic) bond motifs is 3. The van der Waals surface area contributed by atoms with Crippen molar-refractivity contribution in [2.75, 3.05) is 5.32 Å². The summed E-state index contributed by atoms with van der Waals surface area (Å²) in [7, 11) is 0. The van der Waals surface area contributed by atoms with Gasteiger partial charge in [-0.05, 0) is 36.6 Å². The molecule has 3 aromatic rings. The molecule has 110 valence electrons. The molecule has 1 aliphatic heterocycles. The molecule has 1 saturated carbocycles. The van der Waals surface area contributed by atoms with Crippen LogP contribution in [0.4, 0.5) is 5.69 Å². The van der Waals surface area contributed by atoms with Crippen molar-refractivity contribution in [2.45, 2.75) is 31.1 Å². The zero-order valence-corrected chi connectivity index (χ0v) is 11.9. The van der Waals surface area contributed by atoms with E-state index in [1.165, 1.54) is 0 Å². The minimum Gasteiger partial charge on any atom is -0.337 e. The number of amides is 1. The molecule has 1 amide bonds. The predicted molar refractivity (Wildman–Crippen MR) is 82.5 cm³/mol. The van der Waals surface area contributed by atoms with Crippen LogP contribution < -0.4 is 5.32 Å². The van der Waals surface area contributed by atoms with Crippen LogP contribution in [0.5, 0.6) is 0 Å². The molecule has 2 aromatic heterocycles. The summed E-state index contributed by atoms with van der Waals surface area (Å²) in [5.41, 5.74) is 4.40. The number of carbonyl (C=O) groups is 1. The van der Waals surface area contributed by atoms with Gasteiger partial charge in [0.1, 0.15) is 5.69 Å². The Balaban J connectivity index is 1.70. The molecule has 1 aromatic carbocycles. The van der Waals surface area contributed by atoms with Crippen LogP contribution in [0, 0.1) is 0 Å². The fourth-order valence-electron chi connectivity index (χ4n) is 3.91. The number of carbonyl (C=O) groups excluding carboxylic acids is 1. The highest BCUT2D eigenvalue weighted by molar-refractivity contribution is 6.08. The van der Waals surface area contributed by atoms with Crippen LogP contribution in [0.2, 0.25) is 0 Å². The van der Waals surface area contributed by atoms with Crippen LogP contribution in [0.3, 0.4) is 0 Å². The number of anilines is 1. The van der Waals surface area contributed by atoms with Crippen LogP contribution in [0.1, 0.15) is 31.2 Å². The third-order valence-electron chi connectivity index (χ3n) is 5.03. The summed E-state index contributed by atoms with van der Waals surface area (Å²) < 4.78 is 0. The standard InChI is InChI=1S/C16H15N5O/c22-15-16(4-1-2-5-16)9-7-12-13(8-11(9)20-15)19-14(18-12)10-3-6-17-21-10/h3,6-8H,1-2,4-5H2,(H,17,21)(H,18,19)(H,20,22). The third-order valence-corrected chi connectivity index (χ3v) is 5.03. The van der Waals surface area contributed by atoms with E-state index in [9.17, 15) is 4.79 Å². The quantitative estimate of drug-likeness (QED) is 0.644. The van der Waals surface area contributed by atoms with Gasteiger partial charge in [-0.2, -0.15) is 5.10 Å². The van der Waals surface area contributed by atoms with Crippen LogP contribution in [0.25, 0.3) is 22.6 Å². The molecule has 3 heterocycles. The Labute approximate surface area is 126 Å². The van der Waals surface area contributed by atoms with Gasteiger partial charge in [0.05, 0.1) is 16.4 Å². The molecule has 5 rings (SSSR count). The zero-order chi connectivity index (χ0) is 14.7. The molecule has 22 heavy (non-hydrogen) atoms. The number of rotatable bonds is 1. The van der Waals surface area contributed by atoms with Crippen LogP contribution in [-0.4, -0.2) is 26.1 Å². The number of benzene rings is 1. The summed E-state index contributed by atoms with van der Waals surface area (Å²) in [6.45, 7) is 0. The minimum absolute atomic E-state index is 0.154.